The van der Waals surface area contributed by atoms with Crippen LogP contribution < -0.4 is 5.73 Å². The van der Waals surface area contributed by atoms with Gasteiger partial charge in [-0.05, 0) is 45.4 Å². The van der Waals surface area contributed by atoms with E-state index in [1.807, 2.05) is 6.07 Å². The molecule has 112 valence electrons. The number of benzene rings is 1. The second kappa shape index (κ2) is 8.11. The minimum absolute atomic E-state index is 0. The van der Waals surface area contributed by atoms with Crippen LogP contribution in [0.3, 0.4) is 0 Å². The van der Waals surface area contributed by atoms with Crippen LogP contribution >= 0.6 is 12.4 Å². The van der Waals surface area contributed by atoms with Crippen LogP contribution in [0.4, 0.5) is 5.69 Å². The predicted octanol–water partition coefficient (Wildman–Crippen LogP) is 2.71. The molecule has 0 saturated carbocycles. The summed E-state index contributed by atoms with van der Waals surface area (Å²) in [6.45, 7) is 8.98. The van der Waals surface area contributed by atoms with Gasteiger partial charge in [0.2, 0.25) is 0 Å². The summed E-state index contributed by atoms with van der Waals surface area (Å²) < 4.78 is 0. The van der Waals surface area contributed by atoms with E-state index in [4.69, 9.17) is 11.0 Å². The molecule has 20 heavy (non-hydrogen) atoms. The molecule has 1 unspecified atom stereocenters. The van der Waals surface area contributed by atoms with Crippen LogP contribution in [0.1, 0.15) is 44.9 Å². The Bertz CT molecular complexity index is 461. The third-order valence-corrected chi connectivity index (χ3v) is 3.29. The molecule has 1 atom stereocenters. The first-order chi connectivity index (χ1) is 8.86. The molecule has 0 spiro atoms. The Morgan fingerprint density at radius 2 is 1.80 bits per heavy atom. The lowest BCUT2D eigenvalue weighted by atomic mass is 10.0. The molecule has 0 radical (unpaired) electrons. The Morgan fingerprint density at radius 3 is 2.25 bits per heavy atom. The lowest BCUT2D eigenvalue weighted by Gasteiger charge is -2.32. The zero-order valence-electron chi connectivity index (χ0n) is 12.5. The Hall–Kier alpha value is -1.28. The molecular weight excluding hydrogens is 274 g/mol. The fourth-order valence-electron chi connectivity index (χ4n) is 2.20. The van der Waals surface area contributed by atoms with Crippen molar-refractivity contribution >= 4 is 18.1 Å². The minimum Gasteiger partial charge on any atom is -0.398 e. The van der Waals surface area contributed by atoms with E-state index in [0.29, 0.717) is 29.9 Å². The van der Waals surface area contributed by atoms with Gasteiger partial charge in [-0.25, -0.2) is 0 Å². The maximum Gasteiger partial charge on any atom is 0.101 e. The molecule has 4 nitrogen and oxygen atoms in total. The van der Waals surface area contributed by atoms with E-state index in [-0.39, 0.29) is 12.4 Å². The van der Waals surface area contributed by atoms with Crippen LogP contribution in [0.5, 0.6) is 0 Å². The van der Waals surface area contributed by atoms with Crippen molar-refractivity contribution in [1.82, 2.24) is 4.90 Å². The standard InChI is InChI=1S/C15H23N3O.ClH/c1-10(2)18(11(3)4)9-15(19)12-5-6-14(17)13(7-12)8-16;/h5-7,10-11,15,19H,9,17H2,1-4H3;1H. The van der Waals surface area contributed by atoms with Gasteiger partial charge in [0, 0.05) is 24.3 Å². The van der Waals surface area contributed by atoms with Gasteiger partial charge in [0.1, 0.15) is 6.07 Å². The number of nitriles is 1. The Labute approximate surface area is 127 Å². The average Bonchev–Trinajstić information content (AvgIpc) is 2.35. The lowest BCUT2D eigenvalue weighted by Crippen LogP contribution is -2.39. The van der Waals surface area contributed by atoms with Crippen LogP contribution in [-0.2, 0) is 0 Å². The molecule has 3 N–H and O–H groups in total. The first-order valence-electron chi connectivity index (χ1n) is 6.60. The summed E-state index contributed by atoms with van der Waals surface area (Å²) >= 11 is 0. The quantitative estimate of drug-likeness (QED) is 0.820. The molecule has 0 amide bonds. The first kappa shape index (κ1) is 18.7. The molecule has 0 saturated heterocycles. The third-order valence-electron chi connectivity index (χ3n) is 3.29. The van der Waals surface area contributed by atoms with Crippen LogP contribution in [0.2, 0.25) is 0 Å². The fourth-order valence-corrected chi connectivity index (χ4v) is 2.20. The van der Waals surface area contributed by atoms with E-state index in [1.54, 1.807) is 18.2 Å². The minimum atomic E-state index is -0.613. The average molecular weight is 298 g/mol. The third kappa shape index (κ3) is 4.68. The molecule has 0 heterocycles. The Kier molecular flexibility index (Phi) is 7.59. The van der Waals surface area contributed by atoms with E-state index in [0.717, 1.165) is 5.56 Å². The maximum absolute atomic E-state index is 10.3. The topological polar surface area (TPSA) is 73.3 Å². The highest BCUT2D eigenvalue weighted by Gasteiger charge is 2.19. The van der Waals surface area contributed by atoms with Gasteiger partial charge in [0.05, 0.1) is 11.7 Å². The normalized spacial score (nSPS) is 12.3. The van der Waals surface area contributed by atoms with Crippen molar-refractivity contribution in [2.45, 2.75) is 45.9 Å². The van der Waals surface area contributed by atoms with Gasteiger partial charge in [-0.3, -0.25) is 4.90 Å². The molecule has 1 rings (SSSR count). The molecule has 0 aliphatic carbocycles. The van der Waals surface area contributed by atoms with Crippen molar-refractivity contribution in [1.29, 1.82) is 5.26 Å². The number of aliphatic hydroxyl groups is 1. The van der Waals surface area contributed by atoms with Gasteiger partial charge >= 0.3 is 0 Å². The van der Waals surface area contributed by atoms with Gasteiger partial charge in [0.25, 0.3) is 0 Å². The molecule has 1 aromatic carbocycles. The van der Waals surface area contributed by atoms with Crippen LogP contribution in [0, 0.1) is 11.3 Å². The van der Waals surface area contributed by atoms with Gasteiger partial charge in [-0.2, -0.15) is 5.26 Å². The molecule has 0 bridgehead atoms. The van der Waals surface area contributed by atoms with Gasteiger partial charge < -0.3 is 10.8 Å². The fraction of sp³-hybridized carbons (Fsp3) is 0.533. The molecule has 1 aromatic rings. The largest absolute Gasteiger partial charge is 0.398 e. The number of hydrogen-bond donors (Lipinski definition) is 2. The zero-order valence-corrected chi connectivity index (χ0v) is 13.3. The van der Waals surface area contributed by atoms with E-state index in [2.05, 4.69) is 32.6 Å². The molecule has 0 aliphatic heterocycles. The number of nitrogens with two attached hydrogens (primary N) is 1. The summed E-state index contributed by atoms with van der Waals surface area (Å²) in [4.78, 5) is 2.22. The number of nitrogens with zero attached hydrogens (tertiary/aromatic N) is 2. The van der Waals surface area contributed by atoms with Crippen molar-refractivity contribution in [2.75, 3.05) is 12.3 Å². The number of anilines is 1. The SMILES string of the molecule is CC(C)N(CC(O)c1ccc(N)c(C#N)c1)C(C)C.Cl. The maximum atomic E-state index is 10.3. The van der Waals surface area contributed by atoms with Crippen molar-refractivity contribution in [3.05, 3.63) is 29.3 Å². The number of halogens is 1. The summed E-state index contributed by atoms with van der Waals surface area (Å²) in [5, 5.41) is 19.3. The second-order valence-corrected chi connectivity index (χ2v) is 5.36. The summed E-state index contributed by atoms with van der Waals surface area (Å²) in [6.07, 6.45) is -0.613. The van der Waals surface area contributed by atoms with Gasteiger partial charge in [-0.15, -0.1) is 12.4 Å². The number of rotatable bonds is 5. The Morgan fingerprint density at radius 1 is 1.25 bits per heavy atom. The van der Waals surface area contributed by atoms with Gasteiger partial charge in [-0.1, -0.05) is 6.07 Å². The van der Waals surface area contributed by atoms with E-state index in [1.165, 1.54) is 0 Å². The number of nitrogen functional groups attached to an aromatic ring is 1. The molecular formula is C15H24ClN3O. The van der Waals surface area contributed by atoms with E-state index >= 15 is 0 Å². The Balaban J connectivity index is 0.00000361. The van der Waals surface area contributed by atoms with Crippen molar-refractivity contribution < 1.29 is 5.11 Å². The summed E-state index contributed by atoms with van der Waals surface area (Å²) in [7, 11) is 0. The number of aliphatic hydroxyl groups excluding tert-OH is 1. The van der Waals surface area contributed by atoms with Crippen molar-refractivity contribution in [3.63, 3.8) is 0 Å². The van der Waals surface area contributed by atoms with Crippen LogP contribution in [0.25, 0.3) is 0 Å². The molecule has 5 heteroatoms. The highest BCUT2D eigenvalue weighted by atomic mass is 35.5. The monoisotopic (exact) mass is 297 g/mol. The van der Waals surface area contributed by atoms with E-state index < -0.39 is 6.10 Å². The second-order valence-electron chi connectivity index (χ2n) is 5.36. The van der Waals surface area contributed by atoms with Crippen molar-refractivity contribution in [2.24, 2.45) is 0 Å². The number of hydrogen-bond acceptors (Lipinski definition) is 4. The zero-order chi connectivity index (χ0) is 14.6. The molecule has 0 aliphatic rings. The molecule has 0 aromatic heterocycles. The van der Waals surface area contributed by atoms with E-state index in [9.17, 15) is 5.11 Å². The summed E-state index contributed by atoms with van der Waals surface area (Å²) in [5.41, 5.74) is 7.28. The summed E-state index contributed by atoms with van der Waals surface area (Å²) in [5.74, 6) is 0. The first-order valence-corrected chi connectivity index (χ1v) is 6.60. The smallest absolute Gasteiger partial charge is 0.101 e. The highest BCUT2D eigenvalue weighted by molar-refractivity contribution is 5.85. The predicted molar refractivity (Wildman–Crippen MR) is 84.8 cm³/mol. The van der Waals surface area contributed by atoms with Crippen molar-refractivity contribution in [3.8, 4) is 6.07 Å². The molecule has 0 fully saturated rings. The van der Waals surface area contributed by atoms with Crippen LogP contribution in [-0.4, -0.2) is 28.6 Å². The van der Waals surface area contributed by atoms with Gasteiger partial charge in [0.15, 0.2) is 0 Å². The van der Waals surface area contributed by atoms with Crippen LogP contribution in [0.15, 0.2) is 18.2 Å². The highest BCUT2D eigenvalue weighted by Crippen LogP contribution is 2.21. The lowest BCUT2D eigenvalue weighted by molar-refractivity contribution is 0.0756. The summed E-state index contributed by atoms with van der Waals surface area (Å²) in [6, 6.07) is 7.88.